The van der Waals surface area contributed by atoms with Gasteiger partial charge in [0.25, 0.3) is 10.0 Å². The molecular weight excluding hydrogens is 533 g/mol. The minimum absolute atomic E-state index is 0.00598. The minimum Gasteiger partial charge on any atom is -0.357 e. The van der Waals surface area contributed by atoms with Gasteiger partial charge in [0.15, 0.2) is 0 Å². The average Bonchev–Trinajstić information content (AvgIpc) is 2.88. The van der Waals surface area contributed by atoms with E-state index in [9.17, 15) is 18.0 Å². The lowest BCUT2D eigenvalue weighted by atomic mass is 10.1. The van der Waals surface area contributed by atoms with Crippen LogP contribution in [0.2, 0.25) is 10.0 Å². The van der Waals surface area contributed by atoms with Gasteiger partial charge in [-0.05, 0) is 55.3 Å². The Morgan fingerprint density at radius 2 is 1.62 bits per heavy atom. The summed E-state index contributed by atoms with van der Waals surface area (Å²) in [5.74, 6) is -0.922. The largest absolute Gasteiger partial charge is 0.357 e. The van der Waals surface area contributed by atoms with E-state index in [1.54, 1.807) is 67.6 Å². The van der Waals surface area contributed by atoms with Crippen molar-refractivity contribution < 1.29 is 18.0 Å². The van der Waals surface area contributed by atoms with Crippen molar-refractivity contribution in [2.24, 2.45) is 0 Å². The van der Waals surface area contributed by atoms with Crippen molar-refractivity contribution in [3.8, 4) is 0 Å². The topological polar surface area (TPSA) is 86.8 Å². The van der Waals surface area contributed by atoms with Crippen molar-refractivity contribution in [3.05, 3.63) is 94.0 Å². The number of likely N-dealkylation sites (N-methyl/N-ethyl adjacent to an activating group) is 1. The molecule has 0 aliphatic rings. The molecule has 1 atom stereocenters. The number of carbonyl (C=O) groups is 2. The molecule has 1 N–H and O–H groups in total. The van der Waals surface area contributed by atoms with E-state index in [-0.39, 0.29) is 17.3 Å². The number of aryl methyl sites for hydroxylation is 1. The number of para-hydroxylation sites is 1. The second-order valence-electron chi connectivity index (χ2n) is 8.46. The van der Waals surface area contributed by atoms with Crippen molar-refractivity contribution in [2.75, 3.05) is 17.9 Å². The number of nitrogens with one attached hydrogen (secondary N) is 1. The highest BCUT2D eigenvalue weighted by Gasteiger charge is 2.33. The number of anilines is 1. The molecule has 0 fully saturated rings. The summed E-state index contributed by atoms with van der Waals surface area (Å²) < 4.78 is 28.5. The van der Waals surface area contributed by atoms with E-state index in [1.807, 2.05) is 6.92 Å². The first-order valence-electron chi connectivity index (χ1n) is 11.7. The second kappa shape index (κ2) is 12.4. The normalized spacial score (nSPS) is 12.0. The fourth-order valence-corrected chi connectivity index (χ4v) is 5.76. The Bertz CT molecular complexity index is 1350. The van der Waals surface area contributed by atoms with E-state index in [2.05, 4.69) is 5.32 Å². The number of amides is 2. The Balaban J connectivity index is 2.05. The van der Waals surface area contributed by atoms with Crippen LogP contribution < -0.4 is 9.62 Å². The lowest BCUT2D eigenvalue weighted by molar-refractivity contribution is -0.140. The number of rotatable bonds is 10. The SMILES string of the molecule is CC[C@@H](C(=O)NC)N(Cc1ccc(Cl)cc1Cl)C(=O)CN(c1ccccc1)S(=O)(=O)c1ccc(C)cc1. The molecule has 10 heteroatoms. The number of sulfonamides is 1. The predicted octanol–water partition coefficient (Wildman–Crippen LogP) is 5.05. The van der Waals surface area contributed by atoms with Crippen molar-refractivity contribution in [3.63, 3.8) is 0 Å². The number of benzene rings is 3. The first-order chi connectivity index (χ1) is 17.6. The quantitative estimate of drug-likeness (QED) is 0.375. The lowest BCUT2D eigenvalue weighted by Crippen LogP contribution is -2.51. The summed E-state index contributed by atoms with van der Waals surface area (Å²) in [6, 6.07) is 18.8. The van der Waals surface area contributed by atoms with Crippen LogP contribution in [0.5, 0.6) is 0 Å². The Labute approximate surface area is 228 Å². The zero-order valence-electron chi connectivity index (χ0n) is 20.8. The van der Waals surface area contributed by atoms with Gasteiger partial charge in [-0.3, -0.25) is 13.9 Å². The standard InChI is InChI=1S/C27H29Cl2N3O4S/c1-4-25(27(34)30-3)31(17-20-12-13-21(28)16-24(20)29)26(33)18-32(22-8-6-5-7-9-22)37(35,36)23-14-10-19(2)11-15-23/h5-16,25H,4,17-18H2,1-3H3,(H,30,34)/t25-/m0/s1. The van der Waals surface area contributed by atoms with Crippen LogP contribution in [-0.2, 0) is 26.2 Å². The van der Waals surface area contributed by atoms with Crippen LogP contribution in [0.25, 0.3) is 0 Å². The molecule has 0 radical (unpaired) electrons. The van der Waals surface area contributed by atoms with Crippen LogP contribution in [0.1, 0.15) is 24.5 Å². The summed E-state index contributed by atoms with van der Waals surface area (Å²) >= 11 is 12.4. The van der Waals surface area contributed by atoms with Crippen LogP contribution in [0, 0.1) is 6.92 Å². The lowest BCUT2D eigenvalue weighted by Gasteiger charge is -2.33. The van der Waals surface area contributed by atoms with E-state index < -0.39 is 28.5 Å². The maximum Gasteiger partial charge on any atom is 0.264 e. The fourth-order valence-electron chi connectivity index (χ4n) is 3.88. The minimum atomic E-state index is -4.10. The molecule has 0 unspecified atom stereocenters. The van der Waals surface area contributed by atoms with Gasteiger partial charge in [-0.15, -0.1) is 0 Å². The van der Waals surface area contributed by atoms with Gasteiger partial charge in [-0.1, -0.05) is 72.1 Å². The second-order valence-corrected chi connectivity index (χ2v) is 11.2. The van der Waals surface area contributed by atoms with Gasteiger partial charge in [0.1, 0.15) is 12.6 Å². The summed E-state index contributed by atoms with van der Waals surface area (Å²) in [7, 11) is -2.62. The maximum atomic E-state index is 13.8. The number of hydrogen-bond donors (Lipinski definition) is 1. The van der Waals surface area contributed by atoms with Gasteiger partial charge in [0.05, 0.1) is 10.6 Å². The molecule has 0 bridgehead atoms. The Morgan fingerprint density at radius 1 is 0.973 bits per heavy atom. The number of halogens is 2. The number of carbonyl (C=O) groups excluding carboxylic acids is 2. The third-order valence-corrected chi connectivity index (χ3v) is 8.30. The molecule has 0 saturated heterocycles. The van der Waals surface area contributed by atoms with E-state index >= 15 is 0 Å². The Hall–Kier alpha value is -3.07. The molecule has 2 amide bonds. The highest BCUT2D eigenvalue weighted by Crippen LogP contribution is 2.27. The molecule has 0 saturated carbocycles. The zero-order valence-corrected chi connectivity index (χ0v) is 23.1. The summed E-state index contributed by atoms with van der Waals surface area (Å²) in [5.41, 5.74) is 1.81. The van der Waals surface area contributed by atoms with Crippen LogP contribution in [0.15, 0.2) is 77.7 Å². The molecule has 196 valence electrons. The average molecular weight is 563 g/mol. The molecule has 3 rings (SSSR count). The van der Waals surface area contributed by atoms with Crippen molar-refractivity contribution in [1.29, 1.82) is 0 Å². The molecule has 0 heterocycles. The van der Waals surface area contributed by atoms with E-state index in [0.717, 1.165) is 9.87 Å². The molecule has 0 aromatic heterocycles. The van der Waals surface area contributed by atoms with Crippen LogP contribution >= 0.6 is 23.2 Å². The monoisotopic (exact) mass is 561 g/mol. The van der Waals surface area contributed by atoms with E-state index in [1.165, 1.54) is 24.1 Å². The summed E-state index contributed by atoms with van der Waals surface area (Å²) in [5, 5.41) is 3.36. The summed E-state index contributed by atoms with van der Waals surface area (Å²) in [6.07, 6.45) is 0.312. The molecule has 37 heavy (non-hydrogen) atoms. The Morgan fingerprint density at radius 3 is 2.19 bits per heavy atom. The molecule has 7 nitrogen and oxygen atoms in total. The highest BCUT2D eigenvalue weighted by atomic mass is 35.5. The van der Waals surface area contributed by atoms with Crippen molar-refractivity contribution in [2.45, 2.75) is 37.8 Å². The van der Waals surface area contributed by atoms with E-state index in [0.29, 0.717) is 27.7 Å². The van der Waals surface area contributed by atoms with Crippen LogP contribution in [-0.4, -0.2) is 44.8 Å². The van der Waals surface area contributed by atoms with Gasteiger partial charge >= 0.3 is 0 Å². The van der Waals surface area contributed by atoms with Crippen LogP contribution in [0.4, 0.5) is 5.69 Å². The van der Waals surface area contributed by atoms with Gasteiger partial charge in [0, 0.05) is 23.6 Å². The molecule has 3 aromatic carbocycles. The number of hydrogen-bond acceptors (Lipinski definition) is 4. The summed E-state index contributed by atoms with van der Waals surface area (Å²) in [6.45, 7) is 3.12. The molecule has 0 aliphatic heterocycles. The van der Waals surface area contributed by atoms with Crippen LogP contribution in [0.3, 0.4) is 0 Å². The van der Waals surface area contributed by atoms with Gasteiger partial charge in [0.2, 0.25) is 11.8 Å². The molecule has 0 spiro atoms. The Kier molecular flexibility index (Phi) is 9.59. The van der Waals surface area contributed by atoms with Gasteiger partial charge in [-0.25, -0.2) is 8.42 Å². The zero-order chi connectivity index (χ0) is 27.2. The molecular formula is C27H29Cl2N3O4S. The fraction of sp³-hybridized carbons (Fsp3) is 0.259. The smallest absolute Gasteiger partial charge is 0.264 e. The van der Waals surface area contributed by atoms with Crippen molar-refractivity contribution in [1.82, 2.24) is 10.2 Å². The predicted molar refractivity (Wildman–Crippen MR) is 147 cm³/mol. The summed E-state index contributed by atoms with van der Waals surface area (Å²) in [4.78, 5) is 28.0. The van der Waals surface area contributed by atoms with Gasteiger partial charge < -0.3 is 10.2 Å². The van der Waals surface area contributed by atoms with E-state index in [4.69, 9.17) is 23.2 Å². The first kappa shape index (κ1) is 28.5. The maximum absolute atomic E-state index is 13.8. The molecule has 3 aromatic rings. The first-order valence-corrected chi connectivity index (χ1v) is 13.9. The van der Waals surface area contributed by atoms with Crippen molar-refractivity contribution >= 4 is 50.7 Å². The third-order valence-electron chi connectivity index (χ3n) is 5.92. The highest BCUT2D eigenvalue weighted by molar-refractivity contribution is 7.92. The number of nitrogens with zero attached hydrogens (tertiary/aromatic N) is 2. The van der Waals surface area contributed by atoms with Gasteiger partial charge in [-0.2, -0.15) is 0 Å². The molecule has 0 aliphatic carbocycles. The third kappa shape index (κ3) is 6.83.